The normalized spacial score (nSPS) is 12.1. The van der Waals surface area contributed by atoms with Gasteiger partial charge in [-0.1, -0.05) is 12.1 Å². The van der Waals surface area contributed by atoms with E-state index in [1.807, 2.05) is 24.3 Å². The lowest BCUT2D eigenvalue weighted by atomic mass is 10.2. The van der Waals surface area contributed by atoms with E-state index in [-0.39, 0.29) is 6.61 Å². The standard InChI is InChI=1S/C16H19N2O3PS/c1-18(17-11-13-3-7-15(20-2)8-4-13)22(23)21-16-9-5-14(12-19)6-10-16/h3-11,19,22H,12H2,1-2H3/b17-11+. The minimum absolute atomic E-state index is 0.0119. The first kappa shape index (κ1) is 17.5. The van der Waals surface area contributed by atoms with Gasteiger partial charge >= 0.3 is 0 Å². The number of nitrogens with zero attached hydrogens (tertiary/aromatic N) is 2. The third-order valence-electron chi connectivity index (χ3n) is 3.07. The first-order valence-electron chi connectivity index (χ1n) is 6.95. The van der Waals surface area contributed by atoms with E-state index in [2.05, 4.69) is 5.10 Å². The molecule has 0 aliphatic rings. The van der Waals surface area contributed by atoms with Crippen molar-refractivity contribution in [3.63, 3.8) is 0 Å². The zero-order chi connectivity index (χ0) is 16.7. The molecule has 23 heavy (non-hydrogen) atoms. The van der Waals surface area contributed by atoms with Crippen molar-refractivity contribution >= 4 is 25.1 Å². The van der Waals surface area contributed by atoms with Gasteiger partial charge in [0.25, 0.3) is 0 Å². The molecule has 2 rings (SSSR count). The van der Waals surface area contributed by atoms with E-state index in [1.54, 1.807) is 49.4 Å². The zero-order valence-corrected chi connectivity index (χ0v) is 14.8. The molecule has 0 bridgehead atoms. The fraction of sp³-hybridized carbons (Fsp3) is 0.188. The van der Waals surface area contributed by atoms with Gasteiger partial charge in [-0.25, -0.2) is 4.78 Å². The van der Waals surface area contributed by atoms with E-state index in [0.29, 0.717) is 5.75 Å². The van der Waals surface area contributed by atoms with E-state index in [1.165, 1.54) is 0 Å². The molecule has 0 radical (unpaired) electrons. The van der Waals surface area contributed by atoms with Gasteiger partial charge in [0.1, 0.15) is 11.5 Å². The summed E-state index contributed by atoms with van der Waals surface area (Å²) in [6, 6.07) is 14.8. The minimum Gasteiger partial charge on any atom is -0.497 e. The minimum atomic E-state index is -1.69. The molecule has 1 N–H and O–H groups in total. The van der Waals surface area contributed by atoms with Crippen LogP contribution in [-0.2, 0) is 18.4 Å². The number of hydrogen-bond donors (Lipinski definition) is 1. The van der Waals surface area contributed by atoms with Crippen molar-refractivity contribution in [3.8, 4) is 11.5 Å². The molecule has 122 valence electrons. The first-order valence-corrected chi connectivity index (χ1v) is 9.44. The smallest absolute Gasteiger partial charge is 0.207 e. The second kappa shape index (κ2) is 8.67. The molecule has 1 unspecified atom stereocenters. The van der Waals surface area contributed by atoms with Crippen LogP contribution in [0.2, 0.25) is 0 Å². The van der Waals surface area contributed by atoms with Gasteiger partial charge in [0.05, 0.1) is 19.9 Å². The fourth-order valence-corrected chi connectivity index (χ4v) is 2.77. The van der Waals surface area contributed by atoms with Crippen molar-refractivity contribution in [1.82, 2.24) is 4.78 Å². The molecule has 0 saturated carbocycles. The Labute approximate surface area is 141 Å². The highest BCUT2D eigenvalue weighted by Gasteiger charge is 2.03. The second-order valence-corrected chi connectivity index (χ2v) is 7.14. The van der Waals surface area contributed by atoms with Crippen LogP contribution in [0.3, 0.4) is 0 Å². The maximum absolute atomic E-state index is 9.02. The third-order valence-corrected chi connectivity index (χ3v) is 5.17. The average molecular weight is 350 g/mol. The summed E-state index contributed by atoms with van der Waals surface area (Å²) < 4.78 is 12.5. The molecule has 0 fully saturated rings. The number of methoxy groups -OCH3 is 1. The maximum atomic E-state index is 9.02. The molecule has 2 aromatic rings. The Kier molecular flexibility index (Phi) is 6.59. The average Bonchev–Trinajstić information content (AvgIpc) is 2.60. The Bertz CT molecular complexity index is 675. The van der Waals surface area contributed by atoms with Crippen LogP contribution >= 0.6 is 7.07 Å². The molecule has 1 atom stereocenters. The molecular formula is C16H19N2O3PS. The van der Waals surface area contributed by atoms with Crippen LogP contribution in [-0.4, -0.2) is 30.3 Å². The van der Waals surface area contributed by atoms with Crippen molar-refractivity contribution < 1.29 is 14.4 Å². The summed E-state index contributed by atoms with van der Waals surface area (Å²) in [5.41, 5.74) is 1.79. The van der Waals surface area contributed by atoms with Gasteiger partial charge < -0.3 is 14.4 Å². The predicted molar refractivity (Wildman–Crippen MR) is 97.0 cm³/mol. The zero-order valence-electron chi connectivity index (χ0n) is 13.0. The van der Waals surface area contributed by atoms with E-state index in [9.17, 15) is 0 Å². The summed E-state index contributed by atoms with van der Waals surface area (Å²) in [4.78, 5) is 0. The molecule has 0 aromatic heterocycles. The van der Waals surface area contributed by atoms with E-state index in [0.717, 1.165) is 16.9 Å². The van der Waals surface area contributed by atoms with Gasteiger partial charge in [0, 0.05) is 7.05 Å². The first-order chi connectivity index (χ1) is 11.1. The van der Waals surface area contributed by atoms with Crippen LogP contribution in [0.4, 0.5) is 0 Å². The van der Waals surface area contributed by atoms with Crippen LogP contribution in [0.5, 0.6) is 11.5 Å². The van der Waals surface area contributed by atoms with E-state index < -0.39 is 7.07 Å². The topological polar surface area (TPSA) is 54.3 Å². The van der Waals surface area contributed by atoms with Crippen LogP contribution in [0, 0.1) is 0 Å². The summed E-state index contributed by atoms with van der Waals surface area (Å²) in [5, 5.41) is 13.3. The number of hydrogen-bond acceptors (Lipinski definition) is 5. The fourth-order valence-electron chi connectivity index (χ4n) is 1.72. The summed E-state index contributed by atoms with van der Waals surface area (Å²) in [6.07, 6.45) is 1.73. The van der Waals surface area contributed by atoms with Crippen molar-refractivity contribution in [3.05, 3.63) is 59.7 Å². The number of hydrazone groups is 1. The molecule has 0 spiro atoms. The highest BCUT2D eigenvalue weighted by atomic mass is 32.4. The molecule has 0 aliphatic carbocycles. The largest absolute Gasteiger partial charge is 0.497 e. The summed E-state index contributed by atoms with van der Waals surface area (Å²) in [7, 11) is 1.74. The van der Waals surface area contributed by atoms with Crippen molar-refractivity contribution in [2.45, 2.75) is 6.61 Å². The van der Waals surface area contributed by atoms with E-state index in [4.69, 9.17) is 26.2 Å². The lowest BCUT2D eigenvalue weighted by molar-refractivity contribution is 0.282. The number of ether oxygens (including phenoxy) is 1. The summed E-state index contributed by atoms with van der Waals surface area (Å²) in [5.74, 6) is 1.48. The lowest BCUT2D eigenvalue weighted by Gasteiger charge is -2.16. The van der Waals surface area contributed by atoms with Gasteiger partial charge in [-0.15, -0.1) is 0 Å². The van der Waals surface area contributed by atoms with E-state index >= 15 is 0 Å². The Hall–Kier alpha value is -1.88. The number of rotatable bonds is 7. The Morgan fingerprint density at radius 3 is 2.30 bits per heavy atom. The molecule has 0 heterocycles. The molecule has 0 aliphatic heterocycles. The van der Waals surface area contributed by atoms with Gasteiger partial charge in [-0.05, 0) is 59.3 Å². The van der Waals surface area contributed by atoms with Crippen LogP contribution in [0.15, 0.2) is 53.6 Å². The van der Waals surface area contributed by atoms with Crippen LogP contribution in [0.25, 0.3) is 0 Å². The number of aliphatic hydroxyl groups excluding tert-OH is 1. The molecule has 7 heteroatoms. The Balaban J connectivity index is 1.94. The highest BCUT2D eigenvalue weighted by Crippen LogP contribution is 2.30. The van der Waals surface area contributed by atoms with Gasteiger partial charge in [0.15, 0.2) is 0 Å². The molecule has 5 nitrogen and oxygen atoms in total. The molecule has 0 saturated heterocycles. The Morgan fingerprint density at radius 1 is 1.13 bits per heavy atom. The highest BCUT2D eigenvalue weighted by molar-refractivity contribution is 8.02. The predicted octanol–water partition coefficient (Wildman–Crippen LogP) is 3.04. The summed E-state index contributed by atoms with van der Waals surface area (Å²) in [6.45, 7) is 0.0119. The number of benzene rings is 2. The maximum Gasteiger partial charge on any atom is 0.207 e. The van der Waals surface area contributed by atoms with Crippen molar-refractivity contribution in [2.24, 2.45) is 5.10 Å². The quantitative estimate of drug-likeness (QED) is 0.473. The monoisotopic (exact) mass is 350 g/mol. The summed E-state index contributed by atoms with van der Waals surface area (Å²) >= 11 is 5.38. The van der Waals surface area contributed by atoms with Crippen molar-refractivity contribution in [2.75, 3.05) is 14.2 Å². The van der Waals surface area contributed by atoms with Gasteiger partial charge in [-0.3, -0.25) is 0 Å². The third kappa shape index (κ3) is 5.36. The SMILES string of the molecule is COc1ccc(/C=N/N(C)[PH](=S)Oc2ccc(CO)cc2)cc1. The lowest BCUT2D eigenvalue weighted by Crippen LogP contribution is -2.03. The van der Waals surface area contributed by atoms with Crippen LogP contribution in [0.1, 0.15) is 11.1 Å². The molecular weight excluding hydrogens is 331 g/mol. The molecule has 0 amide bonds. The van der Waals surface area contributed by atoms with Crippen LogP contribution < -0.4 is 9.26 Å². The Morgan fingerprint density at radius 2 is 1.74 bits per heavy atom. The molecule has 2 aromatic carbocycles. The number of aliphatic hydroxyl groups is 1. The van der Waals surface area contributed by atoms with Gasteiger partial charge in [-0.2, -0.15) is 5.10 Å². The van der Waals surface area contributed by atoms with Crippen molar-refractivity contribution in [1.29, 1.82) is 0 Å². The second-order valence-electron chi connectivity index (χ2n) is 4.71. The van der Waals surface area contributed by atoms with Gasteiger partial charge in [0.2, 0.25) is 7.07 Å².